The van der Waals surface area contributed by atoms with Gasteiger partial charge in [-0.1, -0.05) is 41.9 Å². The molecule has 1 aliphatic heterocycles. The number of ether oxygens (including phenoxy) is 1. The normalized spacial score (nSPS) is 15.0. The zero-order valence-corrected chi connectivity index (χ0v) is 16.6. The minimum atomic E-state index is -0.178. The maximum Gasteiger partial charge on any atom is 0.282 e. The Hall–Kier alpha value is -3.37. The van der Waals surface area contributed by atoms with E-state index in [0.29, 0.717) is 23.2 Å². The van der Waals surface area contributed by atoms with Crippen molar-refractivity contribution in [2.24, 2.45) is 4.99 Å². The van der Waals surface area contributed by atoms with Crippen LogP contribution in [-0.4, -0.2) is 18.3 Å². The molecule has 0 spiro atoms. The second kappa shape index (κ2) is 8.33. The zero-order chi connectivity index (χ0) is 20.2. The minimum Gasteiger partial charge on any atom is -0.494 e. The number of carbonyl (C=O) groups is 1. The molecule has 0 aromatic heterocycles. The van der Waals surface area contributed by atoms with Crippen molar-refractivity contribution < 1.29 is 9.53 Å². The first-order valence-electron chi connectivity index (χ1n) is 9.34. The lowest BCUT2D eigenvalue weighted by molar-refractivity contribution is -0.113. The van der Waals surface area contributed by atoms with E-state index in [4.69, 9.17) is 16.3 Å². The molecule has 0 aliphatic carbocycles. The Morgan fingerprint density at radius 1 is 0.966 bits per heavy atom. The summed E-state index contributed by atoms with van der Waals surface area (Å²) in [5, 5.41) is 0.631. The smallest absolute Gasteiger partial charge is 0.282 e. The van der Waals surface area contributed by atoms with Crippen LogP contribution < -0.4 is 9.64 Å². The Bertz CT molecular complexity index is 1070. The van der Waals surface area contributed by atoms with Gasteiger partial charge in [0.25, 0.3) is 5.91 Å². The van der Waals surface area contributed by atoms with Crippen LogP contribution in [0.5, 0.6) is 5.75 Å². The predicted molar refractivity (Wildman–Crippen MR) is 118 cm³/mol. The molecule has 0 bridgehead atoms. The number of benzene rings is 3. The van der Waals surface area contributed by atoms with Crippen LogP contribution in [0.1, 0.15) is 18.1 Å². The summed E-state index contributed by atoms with van der Waals surface area (Å²) in [7, 11) is 0. The molecule has 0 N–H and O–H groups in total. The summed E-state index contributed by atoms with van der Waals surface area (Å²) in [6.45, 7) is 2.52. The first-order chi connectivity index (χ1) is 14.2. The van der Waals surface area contributed by atoms with Crippen molar-refractivity contribution in [3.8, 4) is 5.75 Å². The molecular formula is C24H19ClN2O2. The van der Waals surface area contributed by atoms with Gasteiger partial charge in [-0.05, 0) is 67.1 Å². The standard InChI is InChI=1S/C24H19ClN2O2/c1-2-29-21-14-12-20(13-15-21)27-23(18-8-10-19(25)11-9-18)26-22(24(27)28)16-17-6-4-3-5-7-17/h3-16H,2H2,1H3/b22-16+. The van der Waals surface area contributed by atoms with Crippen LogP contribution >= 0.6 is 11.6 Å². The molecule has 0 radical (unpaired) electrons. The van der Waals surface area contributed by atoms with Gasteiger partial charge in [0.1, 0.15) is 17.3 Å². The highest BCUT2D eigenvalue weighted by molar-refractivity contribution is 6.34. The second-order valence-electron chi connectivity index (χ2n) is 6.45. The summed E-state index contributed by atoms with van der Waals surface area (Å²) in [5.74, 6) is 1.15. The third-order valence-corrected chi connectivity index (χ3v) is 4.72. The first-order valence-corrected chi connectivity index (χ1v) is 9.72. The fraction of sp³-hybridized carbons (Fsp3) is 0.0833. The van der Waals surface area contributed by atoms with Gasteiger partial charge in [0.05, 0.1) is 12.3 Å². The average molecular weight is 403 g/mol. The summed E-state index contributed by atoms with van der Waals surface area (Å²) >= 11 is 6.04. The summed E-state index contributed by atoms with van der Waals surface area (Å²) in [5.41, 5.74) is 2.84. The van der Waals surface area contributed by atoms with Gasteiger partial charge >= 0.3 is 0 Å². The number of aliphatic imine (C=N–C) groups is 1. The molecule has 0 atom stereocenters. The number of hydrogen-bond donors (Lipinski definition) is 0. The van der Waals surface area contributed by atoms with E-state index in [-0.39, 0.29) is 5.91 Å². The van der Waals surface area contributed by atoms with Crippen LogP contribution in [0.2, 0.25) is 5.02 Å². The molecule has 0 saturated carbocycles. The molecule has 1 amide bonds. The highest BCUT2D eigenvalue weighted by atomic mass is 35.5. The number of halogens is 1. The van der Waals surface area contributed by atoms with Crippen LogP contribution in [-0.2, 0) is 4.79 Å². The molecule has 29 heavy (non-hydrogen) atoms. The fourth-order valence-electron chi connectivity index (χ4n) is 3.11. The molecule has 144 valence electrons. The Kier molecular flexibility index (Phi) is 5.45. The number of anilines is 1. The van der Waals surface area contributed by atoms with E-state index in [0.717, 1.165) is 22.6 Å². The second-order valence-corrected chi connectivity index (χ2v) is 6.89. The number of rotatable bonds is 5. The van der Waals surface area contributed by atoms with E-state index in [1.54, 1.807) is 23.1 Å². The number of hydrogen-bond acceptors (Lipinski definition) is 3. The maximum atomic E-state index is 13.3. The molecule has 0 saturated heterocycles. The van der Waals surface area contributed by atoms with Gasteiger partial charge in [0.15, 0.2) is 0 Å². The van der Waals surface area contributed by atoms with Crippen LogP contribution in [0.15, 0.2) is 89.6 Å². The van der Waals surface area contributed by atoms with Crippen molar-refractivity contribution in [2.75, 3.05) is 11.5 Å². The SMILES string of the molecule is CCOc1ccc(N2C(=O)/C(=C\c3ccccc3)N=C2c2ccc(Cl)cc2)cc1. The van der Waals surface area contributed by atoms with E-state index in [1.165, 1.54) is 0 Å². The average Bonchev–Trinajstić information content (AvgIpc) is 3.06. The van der Waals surface area contributed by atoms with Gasteiger partial charge < -0.3 is 4.74 Å². The minimum absolute atomic E-state index is 0.178. The lowest BCUT2D eigenvalue weighted by Gasteiger charge is -2.19. The van der Waals surface area contributed by atoms with Gasteiger partial charge in [-0.25, -0.2) is 4.99 Å². The predicted octanol–water partition coefficient (Wildman–Crippen LogP) is 5.57. The van der Waals surface area contributed by atoms with Crippen LogP contribution in [0, 0.1) is 0 Å². The van der Waals surface area contributed by atoms with Crippen molar-refractivity contribution in [1.29, 1.82) is 0 Å². The van der Waals surface area contributed by atoms with Crippen LogP contribution in [0.3, 0.4) is 0 Å². The van der Waals surface area contributed by atoms with Crippen LogP contribution in [0.25, 0.3) is 6.08 Å². The van der Waals surface area contributed by atoms with Gasteiger partial charge in [-0.2, -0.15) is 0 Å². The van der Waals surface area contributed by atoms with Crippen molar-refractivity contribution in [3.05, 3.63) is 101 Å². The highest BCUT2D eigenvalue weighted by Crippen LogP contribution is 2.29. The maximum absolute atomic E-state index is 13.3. The van der Waals surface area contributed by atoms with Gasteiger partial charge in [-0.15, -0.1) is 0 Å². The van der Waals surface area contributed by atoms with E-state index in [2.05, 4.69) is 4.99 Å². The van der Waals surface area contributed by atoms with E-state index in [1.807, 2.05) is 73.7 Å². The van der Waals surface area contributed by atoms with Crippen molar-refractivity contribution in [2.45, 2.75) is 6.92 Å². The summed E-state index contributed by atoms with van der Waals surface area (Å²) in [4.78, 5) is 19.5. The fourth-order valence-corrected chi connectivity index (χ4v) is 3.24. The third kappa shape index (κ3) is 4.08. The molecule has 3 aromatic rings. The number of amides is 1. The Morgan fingerprint density at radius 3 is 2.31 bits per heavy atom. The van der Waals surface area contributed by atoms with Gasteiger partial charge in [-0.3, -0.25) is 9.69 Å². The lowest BCUT2D eigenvalue weighted by atomic mass is 10.1. The highest BCUT2D eigenvalue weighted by Gasteiger charge is 2.32. The molecule has 1 heterocycles. The summed E-state index contributed by atoms with van der Waals surface area (Å²) < 4.78 is 5.52. The van der Waals surface area contributed by atoms with E-state index >= 15 is 0 Å². The van der Waals surface area contributed by atoms with Gasteiger partial charge in [0, 0.05) is 10.6 Å². The monoisotopic (exact) mass is 402 g/mol. The lowest BCUT2D eigenvalue weighted by Crippen LogP contribution is -2.32. The quantitative estimate of drug-likeness (QED) is 0.523. The molecule has 0 unspecified atom stereocenters. The van der Waals surface area contributed by atoms with Crippen LogP contribution in [0.4, 0.5) is 5.69 Å². The van der Waals surface area contributed by atoms with Crippen molar-refractivity contribution in [1.82, 2.24) is 0 Å². The molecule has 3 aromatic carbocycles. The Labute approximate surface area is 174 Å². The summed E-state index contributed by atoms with van der Waals surface area (Å²) in [6, 6.07) is 24.4. The number of amidine groups is 1. The zero-order valence-electron chi connectivity index (χ0n) is 15.9. The third-order valence-electron chi connectivity index (χ3n) is 4.47. The molecule has 5 heteroatoms. The van der Waals surface area contributed by atoms with Crippen molar-refractivity contribution in [3.63, 3.8) is 0 Å². The van der Waals surface area contributed by atoms with Crippen molar-refractivity contribution >= 4 is 35.1 Å². The Morgan fingerprint density at radius 2 is 1.66 bits per heavy atom. The number of nitrogens with zero attached hydrogens (tertiary/aromatic N) is 2. The first kappa shape index (κ1) is 19.0. The Balaban J connectivity index is 1.77. The molecule has 0 fully saturated rings. The number of carbonyl (C=O) groups excluding carboxylic acids is 1. The van der Waals surface area contributed by atoms with E-state index < -0.39 is 0 Å². The largest absolute Gasteiger partial charge is 0.494 e. The molecule has 4 nitrogen and oxygen atoms in total. The van der Waals surface area contributed by atoms with E-state index in [9.17, 15) is 4.79 Å². The van der Waals surface area contributed by atoms with Gasteiger partial charge in [0.2, 0.25) is 0 Å². The topological polar surface area (TPSA) is 41.9 Å². The molecule has 4 rings (SSSR count). The molecule has 1 aliphatic rings. The summed E-state index contributed by atoms with van der Waals surface area (Å²) in [6.07, 6.45) is 1.80. The molecular weight excluding hydrogens is 384 g/mol.